The molecule has 6 atom stereocenters. The average Bonchev–Trinajstić information content (AvgIpc) is 1.59. The van der Waals surface area contributed by atoms with Gasteiger partial charge in [-0.25, -0.2) is 50.3 Å². The molecule has 0 radical (unpaired) electrons. The number of nitrogens with zero attached hydrogens (tertiary/aromatic N) is 28. The lowest BCUT2D eigenvalue weighted by atomic mass is 10.2. The van der Waals surface area contributed by atoms with Gasteiger partial charge in [-0.15, -0.1) is 0 Å². The summed E-state index contributed by atoms with van der Waals surface area (Å²) in [4.78, 5) is 125. The predicted molar refractivity (Wildman–Crippen MR) is 554 cm³/mol. The van der Waals surface area contributed by atoms with Crippen molar-refractivity contribution >= 4 is 162 Å². The van der Waals surface area contributed by atoms with E-state index in [4.69, 9.17) is 81.2 Å². The second kappa shape index (κ2) is 46.1. The maximum Gasteiger partial charge on any atom is 0.260 e. The molecule has 46 heteroatoms. The van der Waals surface area contributed by atoms with E-state index < -0.39 is 41.9 Å². The molecule has 7 amide bonds. The first-order valence-corrected chi connectivity index (χ1v) is 51.2. The largest absolute Gasteiger partial charge is 0.311 e. The van der Waals surface area contributed by atoms with Crippen LogP contribution in [0.15, 0.2) is 215 Å². The molecule has 6 unspecified atom stereocenters. The zero-order chi connectivity index (χ0) is 105. The predicted octanol–water partition coefficient (Wildman–Crippen LogP) is 19.8. The lowest BCUT2D eigenvalue weighted by Crippen LogP contribution is -2.35. The maximum atomic E-state index is 13.3. The number of halogens is 11. The first-order chi connectivity index (χ1) is 71.1. The van der Waals surface area contributed by atoms with Gasteiger partial charge in [0.1, 0.15) is 51.6 Å². The normalized spacial score (nSPS) is 18.4. The van der Waals surface area contributed by atoms with Crippen molar-refractivity contribution in [1.29, 1.82) is 0 Å². The van der Waals surface area contributed by atoms with Gasteiger partial charge in [-0.3, -0.25) is 68.4 Å². The van der Waals surface area contributed by atoms with Crippen LogP contribution in [0.4, 0.5) is 57.4 Å². The smallest absolute Gasteiger partial charge is 0.260 e. The zero-order valence-corrected chi connectivity index (χ0v) is 86.8. The van der Waals surface area contributed by atoms with E-state index in [0.29, 0.717) is 120 Å². The van der Waals surface area contributed by atoms with Crippen molar-refractivity contribution in [3.63, 3.8) is 0 Å². The fourth-order valence-corrected chi connectivity index (χ4v) is 17.8. The fraction of sp³-hybridized carbons (Fsp3) is 0.382. The number of aromatic nitrogens is 21. The molecule has 9 saturated carbocycles. The van der Waals surface area contributed by atoms with Crippen molar-refractivity contribution < 1.29 is 51.1 Å². The summed E-state index contributed by atoms with van der Waals surface area (Å²) in [5.41, 5.74) is 9.39. The highest BCUT2D eigenvalue weighted by Crippen LogP contribution is 2.53. The Kier molecular flexibility index (Phi) is 33.0. The van der Waals surface area contributed by atoms with Gasteiger partial charge in [0.2, 0.25) is 41.4 Å². The molecule has 35 nitrogen and oxygen atoms in total. The van der Waals surface area contributed by atoms with Crippen LogP contribution in [0.3, 0.4) is 0 Å². The van der Waals surface area contributed by atoms with E-state index in [2.05, 4.69) is 84.4 Å². The minimum absolute atomic E-state index is 0.0233. The van der Waals surface area contributed by atoms with Crippen LogP contribution >= 0.6 is 81.2 Å². The Balaban J connectivity index is 0.000000118. The molecule has 9 fully saturated rings. The van der Waals surface area contributed by atoms with Crippen LogP contribution in [0.1, 0.15) is 124 Å². The van der Waals surface area contributed by atoms with Crippen LogP contribution in [0.2, 0.25) is 36.1 Å². The number of rotatable bonds is 28. The molecule has 0 aromatic carbocycles. The van der Waals surface area contributed by atoms with E-state index in [-0.39, 0.29) is 75.6 Å². The third-order valence-electron chi connectivity index (χ3n) is 26.3. The van der Waals surface area contributed by atoms with Crippen molar-refractivity contribution in [3.8, 4) is 39.8 Å². The Morgan fingerprint density at radius 1 is 0.318 bits per heavy atom. The van der Waals surface area contributed by atoms with Gasteiger partial charge in [-0.1, -0.05) is 102 Å². The number of carbonyl (C=O) groups excluding carboxylic acids is 7. The molecular weight excluding hydrogens is 2050 g/mol. The Morgan fingerprint density at radius 2 is 0.541 bits per heavy atom. The lowest BCUT2D eigenvalue weighted by Gasteiger charge is -2.21. The monoisotopic (exact) mass is 2150 g/mol. The van der Waals surface area contributed by atoms with E-state index in [1.807, 2.05) is 96.7 Å². The second-order valence-corrected chi connectivity index (χ2v) is 40.3. The summed E-state index contributed by atoms with van der Waals surface area (Å²) in [5.74, 6) is -5.81. The number of hydrogen-bond donors (Lipinski definition) is 0. The molecule has 0 N–H and O–H groups in total. The number of alkyl halides is 4. The van der Waals surface area contributed by atoms with Gasteiger partial charge in [0, 0.05) is 134 Å². The summed E-state index contributed by atoms with van der Waals surface area (Å²) >= 11 is 43.3. The number of carbonyl (C=O) groups is 7. The highest BCUT2D eigenvalue weighted by atomic mass is 35.5. The van der Waals surface area contributed by atoms with Crippen LogP contribution in [0, 0.1) is 65.1 Å². The minimum Gasteiger partial charge on any atom is -0.311 e. The van der Waals surface area contributed by atoms with Gasteiger partial charge in [0.15, 0.2) is 36.1 Å². The molecule has 14 heterocycles. The molecule has 23 rings (SSSR count). The summed E-state index contributed by atoms with van der Waals surface area (Å²) in [6.45, 7) is 10.4. The molecule has 0 spiro atoms. The summed E-state index contributed by atoms with van der Waals surface area (Å²) in [7, 11) is 4.88. The number of amides is 7. The summed E-state index contributed by atoms with van der Waals surface area (Å²) in [6, 6.07) is 25.7. The van der Waals surface area contributed by atoms with Gasteiger partial charge >= 0.3 is 0 Å². The van der Waals surface area contributed by atoms with Gasteiger partial charge in [-0.05, 0) is 198 Å². The van der Waals surface area contributed by atoms with Crippen LogP contribution < -0.4 is 34.3 Å². The number of hydrogen-bond acceptors (Lipinski definition) is 21. The van der Waals surface area contributed by atoms with Crippen LogP contribution in [-0.4, -0.2) is 204 Å². The first kappa shape index (κ1) is 106. The van der Waals surface area contributed by atoms with E-state index in [0.717, 1.165) is 97.8 Å². The van der Waals surface area contributed by atoms with E-state index in [9.17, 15) is 51.1 Å². The van der Waals surface area contributed by atoms with Gasteiger partial charge in [-0.2, -0.15) is 35.7 Å². The topological polar surface area (TPSA) is 357 Å². The summed E-state index contributed by atoms with van der Waals surface area (Å²) in [5, 5.41) is 31.5. The first-order valence-electron chi connectivity index (χ1n) is 48.5. The van der Waals surface area contributed by atoms with Crippen molar-refractivity contribution in [2.24, 2.45) is 65.1 Å². The molecule has 0 bridgehead atoms. The molecule has 14 aromatic heterocycles. The van der Waals surface area contributed by atoms with Gasteiger partial charge in [0.05, 0.1) is 127 Å². The van der Waals surface area contributed by atoms with Crippen molar-refractivity contribution in [2.45, 2.75) is 136 Å². The molecule has 14 aromatic rings. The van der Waals surface area contributed by atoms with Crippen molar-refractivity contribution in [1.82, 2.24) is 103 Å². The number of pyridine rings is 7. The molecule has 9 aliphatic carbocycles. The third kappa shape index (κ3) is 26.3. The fourth-order valence-electron chi connectivity index (χ4n) is 16.1. The average molecular weight is 2160 g/mol. The SMILES string of the molecule is CC1CC1C(=O)N(C)c1cn(-c2cccnc2)nc1Cl.CC1CC1C(=O)N(CC1CC1)c1cn(-c2cccnc2)nc1Cl.CCC(=O)N(CC)c1cn(-c2cccnc2)nc1Cl.CN(C(=O)C1CC1(F)F)c1cn(-c2cccnc2)nc1Cl.CN(C(=O)C1CC1)c1cn(-c2cccnc2)nc1Cl.O=C(C1CC1(F)F)N(CC1CC1)c1cn(-c2cccnc2)nc1Cl.O=C(C1CC1)N(CC1CC1)c1cn(-c2cccnc2)nc1Cl. The molecule has 0 saturated heterocycles. The molecule has 772 valence electrons. The highest BCUT2D eigenvalue weighted by molar-refractivity contribution is 6.35. The molecule has 9 aliphatic rings. The quantitative estimate of drug-likeness (QED) is 0.0411. The van der Waals surface area contributed by atoms with Crippen LogP contribution in [-0.2, 0) is 33.6 Å². The van der Waals surface area contributed by atoms with E-state index in [1.54, 1.807) is 188 Å². The Morgan fingerprint density at radius 3 is 0.777 bits per heavy atom. The van der Waals surface area contributed by atoms with Crippen LogP contribution in [0.25, 0.3) is 39.8 Å². The second-order valence-electron chi connectivity index (χ2n) is 37.8. The Hall–Kier alpha value is -13.4. The highest BCUT2D eigenvalue weighted by Gasteiger charge is 2.64. The molecule has 0 aliphatic heterocycles. The summed E-state index contributed by atoms with van der Waals surface area (Å²) < 4.78 is 63.8. The van der Waals surface area contributed by atoms with E-state index >= 15 is 0 Å². The molecular formula is C102H105Cl7F4N28O7. The Labute approximate surface area is 884 Å². The standard InChI is InChI=1S/C17H19ClN4O.C16H15ClF2N4O.C16H17ClN4O.C14H15ClN4O.C13H11ClF2N4O.C13H13ClN4O.C13H15ClN4O/c1-11-7-14(11)17(23)21(9-12-4-5-12)15-10-22(20-16(15)18)13-3-2-6-19-8-13;17-14-13(9-23(21-14)11-2-1-5-20-7-11)22(8-10-3-4-10)15(24)12-6-16(12,18)19;17-15-14(10-21(19-15)13-2-1-7-18-8-13)20(9-11-3-4-11)16(22)12-5-6-12;1-9-6-11(9)14(20)18(2)12-8-19(17-13(12)15)10-4-3-5-16-7-10;1-19(12(21)9-5-13(9,15)16)10-7-20(18-11(10)14)8-3-2-4-17-6-8;1-17(13(19)9-4-5-9)11-8-18(16-12(11)14)10-3-2-6-15-7-10;1-3-12(19)17(4-2)11-9-18(16-13(11)14)10-6-5-7-15-8-10/h2-3,6,8,10-12,14H,4-5,7,9H2,1H3;1-2,5,7,9-10,12H,3-4,6,8H2;1-2,7-8,10-12H,3-6,9H2;3-5,7-9,11H,6H2,1-2H3;2-4,6-7,9H,5H2,1H3;2-3,6-9H,4-5H2,1H3;5-9H,3-4H2,1-2H3. The zero-order valence-electron chi connectivity index (χ0n) is 81.5. The minimum atomic E-state index is -2.91. The number of anilines is 7. The Bertz CT molecular complexity index is 7020. The molecule has 148 heavy (non-hydrogen) atoms. The van der Waals surface area contributed by atoms with Gasteiger partial charge < -0.3 is 34.3 Å². The van der Waals surface area contributed by atoms with E-state index in [1.165, 1.54) is 53.2 Å². The third-order valence-corrected chi connectivity index (χ3v) is 28.1. The maximum absolute atomic E-state index is 13.3. The summed E-state index contributed by atoms with van der Waals surface area (Å²) in [6.07, 6.45) is 47.8. The van der Waals surface area contributed by atoms with Crippen molar-refractivity contribution in [2.75, 3.05) is 81.6 Å². The lowest BCUT2D eigenvalue weighted by molar-refractivity contribution is -0.122. The van der Waals surface area contributed by atoms with Crippen LogP contribution in [0.5, 0.6) is 0 Å². The van der Waals surface area contributed by atoms with Crippen molar-refractivity contribution in [3.05, 3.63) is 251 Å². The van der Waals surface area contributed by atoms with Gasteiger partial charge in [0.25, 0.3) is 11.8 Å².